The number of pyridine rings is 1. The molecule has 0 bridgehead atoms. The van der Waals surface area contributed by atoms with Gasteiger partial charge in [0, 0.05) is 61.4 Å². The standard InChI is InChI=1S/C57H66N8O4/c1-36-27-50-48(47(17-22-58-50)44-12-13-49-45(31-44)33-59-61-49)32-46(36)35-64-25-20-42(21-26-64)41-8-10-43(11-9-41)54(66)30-38-5-3-37(4-6-38)28-39-18-23-63(24-19-39)34-40-7-14-51-53(29-40)62(2)57(69)65(51)52-15-16-55(67)60-56(52)68/h7-14,17,22,29,31-33,36-39,42,52H,3-6,15-16,18-21,23-28,30,34-35H2,1-2H3,(H,59,61)(H,60,67,68). The second-order valence-corrected chi connectivity index (χ2v) is 21.4. The Hall–Kier alpha value is -5.98. The number of carbonyl (C=O) groups excluding carboxylic acids is 3. The van der Waals surface area contributed by atoms with Crippen LogP contribution in [0, 0.1) is 23.7 Å². The first kappa shape index (κ1) is 45.5. The first-order chi connectivity index (χ1) is 33.6. The molecule has 2 amide bonds. The smallest absolute Gasteiger partial charge is 0.299 e. The van der Waals surface area contributed by atoms with E-state index in [0.717, 1.165) is 116 Å². The number of likely N-dealkylation sites (tertiary alicyclic amines) is 2. The van der Waals surface area contributed by atoms with Gasteiger partial charge >= 0.3 is 5.69 Å². The Balaban J connectivity index is 0.610. The molecule has 69 heavy (non-hydrogen) atoms. The number of imide groups is 1. The van der Waals surface area contributed by atoms with E-state index in [1.54, 1.807) is 16.2 Å². The maximum absolute atomic E-state index is 13.6. The molecule has 1 saturated carbocycles. The van der Waals surface area contributed by atoms with E-state index in [2.05, 4.69) is 99.0 Å². The van der Waals surface area contributed by atoms with Crippen molar-refractivity contribution in [3.8, 4) is 11.1 Å². The van der Waals surface area contributed by atoms with Gasteiger partial charge in [-0.1, -0.05) is 67.8 Å². The number of nitrogens with one attached hydrogen (secondary N) is 2. The molecule has 3 aromatic heterocycles. The number of nitrogens with zero attached hydrogens (tertiary/aromatic N) is 6. The van der Waals surface area contributed by atoms with Gasteiger partial charge in [-0.3, -0.25) is 48.7 Å². The molecule has 2 atom stereocenters. The van der Waals surface area contributed by atoms with Crippen molar-refractivity contribution in [2.45, 2.75) is 109 Å². The molecule has 0 radical (unpaired) electrons. The molecule has 6 heterocycles. The molecule has 358 valence electrons. The SMILES string of the molecule is CC1Cc2nccc(-c3ccc4[nH]ncc4c3)c2C=C1CN1CCC(c2ccc(C(=O)CC3CCC(CC4CCN(Cc5ccc6c(c5)n(C)c(=O)n6C5CCC(=O)NC5=O)CC4)CC3)cc2)CC1. The molecular formula is C57H66N8O4. The van der Waals surface area contributed by atoms with Gasteiger partial charge in [-0.05, 0) is 166 Å². The molecule has 4 fully saturated rings. The zero-order valence-electron chi connectivity index (χ0n) is 40.3. The molecule has 5 aliphatic rings. The zero-order valence-corrected chi connectivity index (χ0v) is 40.3. The molecule has 3 saturated heterocycles. The molecule has 6 aromatic rings. The van der Waals surface area contributed by atoms with Crippen LogP contribution in [0.2, 0.25) is 0 Å². The summed E-state index contributed by atoms with van der Waals surface area (Å²) in [6.07, 6.45) is 19.3. The maximum Gasteiger partial charge on any atom is 0.329 e. The number of rotatable bonds is 12. The van der Waals surface area contributed by atoms with E-state index in [4.69, 9.17) is 4.98 Å². The van der Waals surface area contributed by atoms with E-state index in [9.17, 15) is 19.2 Å². The number of imidazole rings is 1. The molecule has 0 spiro atoms. The second kappa shape index (κ2) is 19.4. The number of amides is 2. The number of piperidine rings is 3. The fourth-order valence-electron chi connectivity index (χ4n) is 12.7. The Morgan fingerprint density at radius 2 is 1.51 bits per heavy atom. The molecular weight excluding hydrogens is 861 g/mol. The highest BCUT2D eigenvalue weighted by Crippen LogP contribution is 2.39. The molecule has 12 nitrogen and oxygen atoms in total. The number of aryl methyl sites for hydroxylation is 1. The van der Waals surface area contributed by atoms with Gasteiger partial charge in [-0.2, -0.15) is 5.10 Å². The number of Topliss-reactive ketones (excluding diaryl/α,β-unsaturated/α-hetero) is 1. The van der Waals surface area contributed by atoms with Gasteiger partial charge in [0.25, 0.3) is 0 Å². The van der Waals surface area contributed by atoms with Gasteiger partial charge in [0.1, 0.15) is 6.04 Å². The van der Waals surface area contributed by atoms with Crippen molar-refractivity contribution in [2.24, 2.45) is 30.7 Å². The van der Waals surface area contributed by atoms with Gasteiger partial charge in [0.2, 0.25) is 11.8 Å². The summed E-state index contributed by atoms with van der Waals surface area (Å²) in [7, 11) is 1.76. The van der Waals surface area contributed by atoms with E-state index in [0.29, 0.717) is 36.4 Å². The van der Waals surface area contributed by atoms with Crippen LogP contribution < -0.4 is 11.0 Å². The van der Waals surface area contributed by atoms with Crippen molar-refractivity contribution in [1.82, 2.24) is 39.4 Å². The van der Waals surface area contributed by atoms with Crippen LogP contribution in [0.15, 0.2) is 89.5 Å². The molecule has 11 rings (SSSR count). The van der Waals surface area contributed by atoms with Crippen LogP contribution in [0.1, 0.15) is 129 Å². The van der Waals surface area contributed by atoms with E-state index < -0.39 is 11.9 Å². The van der Waals surface area contributed by atoms with Crippen LogP contribution in [-0.4, -0.2) is 84.4 Å². The Bertz CT molecular complexity index is 2970. The summed E-state index contributed by atoms with van der Waals surface area (Å²) in [5.74, 6) is 2.60. The van der Waals surface area contributed by atoms with Crippen LogP contribution in [0.3, 0.4) is 0 Å². The lowest BCUT2D eigenvalue weighted by Crippen LogP contribution is -2.44. The molecule has 3 aliphatic heterocycles. The average molecular weight is 927 g/mol. The topological polar surface area (TPSA) is 138 Å². The van der Waals surface area contributed by atoms with E-state index in [1.807, 2.05) is 18.5 Å². The summed E-state index contributed by atoms with van der Waals surface area (Å²) in [4.78, 5) is 61.1. The first-order valence-electron chi connectivity index (χ1n) is 25.8. The van der Waals surface area contributed by atoms with Crippen molar-refractivity contribution in [3.05, 3.63) is 123 Å². The van der Waals surface area contributed by atoms with Crippen molar-refractivity contribution >= 4 is 45.6 Å². The van der Waals surface area contributed by atoms with Crippen molar-refractivity contribution in [2.75, 3.05) is 32.7 Å². The van der Waals surface area contributed by atoms with E-state index in [-0.39, 0.29) is 18.0 Å². The molecule has 2 N–H and O–H groups in total. The average Bonchev–Trinajstić information content (AvgIpc) is 3.94. The van der Waals surface area contributed by atoms with Crippen molar-refractivity contribution in [3.63, 3.8) is 0 Å². The normalized spacial score (nSPS) is 23.3. The fraction of sp³-hybridized carbons (Fsp3) is 0.474. The predicted molar refractivity (Wildman–Crippen MR) is 271 cm³/mol. The fourth-order valence-corrected chi connectivity index (χ4v) is 12.7. The number of aromatic nitrogens is 5. The van der Waals surface area contributed by atoms with Crippen LogP contribution in [-0.2, 0) is 29.6 Å². The molecule has 12 heteroatoms. The lowest BCUT2D eigenvalue weighted by atomic mass is 9.75. The molecule has 2 unspecified atom stereocenters. The van der Waals surface area contributed by atoms with Crippen LogP contribution >= 0.6 is 0 Å². The number of carbonyl (C=O) groups is 3. The number of H-pyrrole nitrogens is 1. The highest BCUT2D eigenvalue weighted by molar-refractivity contribution is 6.00. The quantitative estimate of drug-likeness (QED) is 0.0915. The first-order valence-corrected chi connectivity index (χ1v) is 25.8. The highest BCUT2D eigenvalue weighted by Gasteiger charge is 2.33. The predicted octanol–water partition coefficient (Wildman–Crippen LogP) is 9.39. The zero-order chi connectivity index (χ0) is 47.2. The van der Waals surface area contributed by atoms with E-state index in [1.165, 1.54) is 65.6 Å². The summed E-state index contributed by atoms with van der Waals surface area (Å²) in [5.41, 5.74) is 12.2. The number of fused-ring (bicyclic) bond motifs is 3. The summed E-state index contributed by atoms with van der Waals surface area (Å²) in [5, 5.41) is 10.8. The lowest BCUT2D eigenvalue weighted by Gasteiger charge is -2.35. The molecule has 3 aromatic carbocycles. The third-order valence-electron chi connectivity index (χ3n) is 16.9. The summed E-state index contributed by atoms with van der Waals surface area (Å²) in [6, 6.07) is 22.8. The maximum atomic E-state index is 13.6. The number of ketones is 1. The van der Waals surface area contributed by atoms with Crippen molar-refractivity contribution in [1.29, 1.82) is 0 Å². The third-order valence-corrected chi connectivity index (χ3v) is 16.9. The summed E-state index contributed by atoms with van der Waals surface area (Å²) < 4.78 is 3.17. The second-order valence-electron chi connectivity index (χ2n) is 21.4. The Morgan fingerprint density at radius 3 is 2.29 bits per heavy atom. The summed E-state index contributed by atoms with van der Waals surface area (Å²) in [6.45, 7) is 8.48. The molecule has 2 aliphatic carbocycles. The van der Waals surface area contributed by atoms with Gasteiger partial charge in [-0.15, -0.1) is 0 Å². The minimum atomic E-state index is -0.670. The number of hydrogen-bond donors (Lipinski definition) is 2. The number of aromatic amines is 1. The third kappa shape index (κ3) is 9.54. The van der Waals surface area contributed by atoms with Gasteiger partial charge < -0.3 is 0 Å². The minimum Gasteiger partial charge on any atom is -0.299 e. The Morgan fingerprint density at radius 1 is 0.768 bits per heavy atom. The van der Waals surface area contributed by atoms with Gasteiger partial charge in [0.15, 0.2) is 5.78 Å². The van der Waals surface area contributed by atoms with Crippen molar-refractivity contribution < 1.29 is 14.4 Å². The van der Waals surface area contributed by atoms with Crippen LogP contribution in [0.5, 0.6) is 0 Å². The van der Waals surface area contributed by atoms with Crippen LogP contribution in [0.25, 0.3) is 39.1 Å². The monoisotopic (exact) mass is 927 g/mol. The largest absolute Gasteiger partial charge is 0.329 e. The lowest BCUT2D eigenvalue weighted by molar-refractivity contribution is -0.135. The van der Waals surface area contributed by atoms with Gasteiger partial charge in [0.05, 0.1) is 22.7 Å². The van der Waals surface area contributed by atoms with Crippen LogP contribution in [0.4, 0.5) is 0 Å². The highest BCUT2D eigenvalue weighted by atomic mass is 16.2. The summed E-state index contributed by atoms with van der Waals surface area (Å²) >= 11 is 0. The Kier molecular flexibility index (Phi) is 12.8. The minimum absolute atomic E-state index is 0.230. The number of hydrogen-bond acceptors (Lipinski definition) is 8. The van der Waals surface area contributed by atoms with E-state index >= 15 is 0 Å². The Labute approximate surface area is 404 Å². The number of benzene rings is 3. The van der Waals surface area contributed by atoms with Gasteiger partial charge in [-0.25, -0.2) is 4.79 Å².